The van der Waals surface area contributed by atoms with Gasteiger partial charge in [-0.15, -0.1) is 0 Å². The van der Waals surface area contributed by atoms with Gasteiger partial charge in [-0.25, -0.2) is 18.1 Å². The van der Waals surface area contributed by atoms with Crippen LogP contribution in [0.25, 0.3) is 16.6 Å². The van der Waals surface area contributed by atoms with Crippen molar-refractivity contribution in [1.29, 1.82) is 0 Å². The molecule has 8 rings (SSSR count). The summed E-state index contributed by atoms with van der Waals surface area (Å²) in [6.45, 7) is 8.78. The number of pyridine rings is 1. The van der Waals surface area contributed by atoms with Crippen LogP contribution in [0.5, 0.6) is 11.5 Å². The molecule has 326 valence electrons. The third-order valence-corrected chi connectivity index (χ3v) is 13.9. The van der Waals surface area contributed by atoms with Crippen molar-refractivity contribution in [3.05, 3.63) is 123 Å². The van der Waals surface area contributed by atoms with Gasteiger partial charge in [-0.3, -0.25) is 19.8 Å². The average Bonchev–Trinajstić information content (AvgIpc) is 3.66. The molecule has 1 amide bonds. The molecule has 1 saturated carbocycles. The molecule has 14 nitrogen and oxygen atoms in total. The predicted molar refractivity (Wildman–Crippen MR) is 238 cm³/mol. The first-order valence-electron chi connectivity index (χ1n) is 21.1. The van der Waals surface area contributed by atoms with Gasteiger partial charge in [0, 0.05) is 73.3 Å². The number of fused-ring (bicyclic) bond motifs is 1. The van der Waals surface area contributed by atoms with E-state index in [4.69, 9.17) is 21.2 Å². The Balaban J connectivity index is 1.00. The van der Waals surface area contributed by atoms with Crippen LogP contribution in [0.3, 0.4) is 0 Å². The van der Waals surface area contributed by atoms with E-state index in [-0.39, 0.29) is 41.1 Å². The molecule has 2 fully saturated rings. The number of carbonyl (C=O) groups excluding carboxylic acids is 1. The second-order valence-corrected chi connectivity index (χ2v) is 19.4. The fourth-order valence-electron chi connectivity index (χ4n) is 8.67. The van der Waals surface area contributed by atoms with Crippen LogP contribution in [0.4, 0.5) is 11.4 Å². The summed E-state index contributed by atoms with van der Waals surface area (Å²) in [4.78, 5) is 40.2. The van der Waals surface area contributed by atoms with Gasteiger partial charge < -0.3 is 19.6 Å². The molecule has 5 aromatic rings. The Morgan fingerprint density at radius 2 is 1.74 bits per heavy atom. The second kappa shape index (κ2) is 18.1. The lowest BCUT2D eigenvalue weighted by atomic mass is 9.72. The Morgan fingerprint density at radius 3 is 2.48 bits per heavy atom. The lowest BCUT2D eigenvalue weighted by Gasteiger charge is -2.39. The Kier molecular flexibility index (Phi) is 12.6. The number of rotatable bonds is 13. The summed E-state index contributed by atoms with van der Waals surface area (Å²) in [5, 5.41) is 23.4. The largest absolute Gasteiger partial charge is 0.487 e. The topological polar surface area (TPSA) is 169 Å². The molecule has 0 spiro atoms. The van der Waals surface area contributed by atoms with Crippen molar-refractivity contribution in [2.24, 2.45) is 11.3 Å². The normalized spacial score (nSPS) is 19.6. The van der Waals surface area contributed by atoms with Crippen molar-refractivity contribution < 1.29 is 32.8 Å². The minimum atomic E-state index is -4.60. The SMILES string of the molecule is CC1(C)CCC(CN2CCN(c3ccc(C(=O)NS(=O)(=O)c4ccc(OCC5CCC(O)CC5)c([N+](=O)[O-])c4)c(On4ccc5cccnc54)c3)CC2)=C(c2ccc(Cl)cc2)C1. The first-order valence-corrected chi connectivity index (χ1v) is 22.9. The van der Waals surface area contributed by atoms with Crippen molar-refractivity contribution >= 4 is 55.5 Å². The number of anilines is 1. The minimum Gasteiger partial charge on any atom is -0.487 e. The number of piperazine rings is 1. The number of aliphatic hydroxyl groups excluding tert-OH is 1. The number of nitro groups is 1. The molecule has 1 saturated heterocycles. The van der Waals surface area contributed by atoms with Crippen LogP contribution in [0.15, 0.2) is 102 Å². The molecule has 62 heavy (non-hydrogen) atoms. The van der Waals surface area contributed by atoms with Gasteiger partial charge in [0.05, 0.1) is 28.1 Å². The van der Waals surface area contributed by atoms with E-state index in [0.717, 1.165) is 73.9 Å². The van der Waals surface area contributed by atoms with E-state index in [1.54, 1.807) is 30.6 Å². The number of amides is 1. The van der Waals surface area contributed by atoms with Gasteiger partial charge in [0.15, 0.2) is 17.1 Å². The predicted octanol–water partition coefficient (Wildman–Crippen LogP) is 8.27. The maximum atomic E-state index is 13.9. The highest BCUT2D eigenvalue weighted by Crippen LogP contribution is 2.43. The van der Waals surface area contributed by atoms with Gasteiger partial charge in [-0.05, 0) is 122 Å². The second-order valence-electron chi connectivity index (χ2n) is 17.3. The molecule has 2 aliphatic carbocycles. The summed E-state index contributed by atoms with van der Waals surface area (Å²) >= 11 is 6.24. The Bertz CT molecular complexity index is 2600. The van der Waals surface area contributed by atoms with Crippen LogP contribution in [0, 0.1) is 21.4 Å². The fourth-order valence-corrected chi connectivity index (χ4v) is 9.79. The maximum absolute atomic E-state index is 13.9. The molecule has 16 heteroatoms. The zero-order valence-corrected chi connectivity index (χ0v) is 36.4. The standard InChI is InChI=1S/C46H51ClN6O8S/c1-46(2)19-17-34(40(28-46)32-7-9-35(47)10-8-32)29-50-22-24-51(25-23-50)36-11-15-39(43(26-36)61-52-21-18-33-4-3-20-48-44(33)52)45(55)49-62(58,59)38-14-16-42(41(27-38)53(56)57)60-30-31-5-12-37(54)13-6-31/h3-4,7-11,14-16,18,20-21,26-27,31,37,54H,5-6,12-13,17,19,22-25,28-30H2,1-2H3,(H,49,55). The van der Waals surface area contributed by atoms with E-state index in [1.807, 2.05) is 24.3 Å². The maximum Gasteiger partial charge on any atom is 0.312 e. The third-order valence-electron chi connectivity index (χ3n) is 12.3. The van der Waals surface area contributed by atoms with Crippen LogP contribution in [0.2, 0.25) is 5.02 Å². The van der Waals surface area contributed by atoms with Crippen LogP contribution in [-0.4, -0.2) is 84.4 Å². The Morgan fingerprint density at radius 1 is 0.984 bits per heavy atom. The summed E-state index contributed by atoms with van der Waals surface area (Å²) in [6.07, 6.45) is 8.81. The average molecular weight is 883 g/mol. The lowest BCUT2D eigenvalue weighted by Crippen LogP contribution is -2.47. The smallest absolute Gasteiger partial charge is 0.312 e. The van der Waals surface area contributed by atoms with E-state index < -0.39 is 31.4 Å². The van der Waals surface area contributed by atoms with E-state index in [0.29, 0.717) is 31.6 Å². The number of allylic oxidation sites excluding steroid dienone is 1. The fraction of sp³-hybridized carbons (Fsp3) is 0.391. The molecule has 3 heterocycles. The molecular formula is C46H51ClN6O8S. The number of nitrogens with one attached hydrogen (secondary N) is 1. The highest BCUT2D eigenvalue weighted by molar-refractivity contribution is 7.90. The van der Waals surface area contributed by atoms with Gasteiger partial charge in [0.2, 0.25) is 0 Å². The zero-order chi connectivity index (χ0) is 43.6. The third kappa shape index (κ3) is 9.91. The van der Waals surface area contributed by atoms with Gasteiger partial charge in [0.1, 0.15) is 0 Å². The van der Waals surface area contributed by atoms with Gasteiger partial charge in [-0.1, -0.05) is 43.2 Å². The number of hydrogen-bond donors (Lipinski definition) is 2. The van der Waals surface area contributed by atoms with Crippen LogP contribution in [-0.2, 0) is 10.0 Å². The first-order chi connectivity index (χ1) is 29.7. The molecule has 2 aromatic heterocycles. The van der Waals surface area contributed by atoms with Gasteiger partial charge >= 0.3 is 5.69 Å². The number of nitrogens with zero attached hydrogens (tertiary/aromatic N) is 5. The Hall–Kier alpha value is -5.48. The number of aromatic nitrogens is 2. The molecule has 2 N–H and O–H groups in total. The summed E-state index contributed by atoms with van der Waals surface area (Å²) in [5.41, 5.74) is 4.99. The number of benzene rings is 3. The summed E-state index contributed by atoms with van der Waals surface area (Å²) < 4.78 is 36.7. The number of hydrogen-bond acceptors (Lipinski definition) is 11. The van der Waals surface area contributed by atoms with Crippen molar-refractivity contribution in [2.75, 3.05) is 44.2 Å². The number of nitro benzene ring substituents is 1. The van der Waals surface area contributed by atoms with Crippen molar-refractivity contribution in [1.82, 2.24) is 19.3 Å². The van der Waals surface area contributed by atoms with E-state index in [2.05, 4.69) is 45.5 Å². The lowest BCUT2D eigenvalue weighted by molar-refractivity contribution is -0.386. The molecule has 0 bridgehead atoms. The van der Waals surface area contributed by atoms with E-state index in [9.17, 15) is 28.4 Å². The monoisotopic (exact) mass is 882 g/mol. The highest BCUT2D eigenvalue weighted by Gasteiger charge is 2.31. The van der Waals surface area contributed by atoms with Gasteiger partial charge in [0.25, 0.3) is 15.9 Å². The molecule has 0 unspecified atom stereocenters. The summed E-state index contributed by atoms with van der Waals surface area (Å²) in [5.74, 6) is -0.860. The molecular weight excluding hydrogens is 832 g/mol. The first kappa shape index (κ1) is 43.2. The number of halogens is 1. The molecule has 0 atom stereocenters. The van der Waals surface area contributed by atoms with Crippen LogP contribution < -0.4 is 19.2 Å². The summed E-state index contributed by atoms with van der Waals surface area (Å²) in [6, 6.07) is 21.9. The van der Waals surface area contributed by atoms with Gasteiger partial charge in [-0.2, -0.15) is 4.73 Å². The zero-order valence-electron chi connectivity index (χ0n) is 34.8. The molecule has 3 aliphatic rings. The number of sulfonamides is 1. The molecule has 3 aromatic carbocycles. The molecule has 0 radical (unpaired) electrons. The summed E-state index contributed by atoms with van der Waals surface area (Å²) in [7, 11) is -4.60. The Labute approximate surface area is 366 Å². The highest BCUT2D eigenvalue weighted by atomic mass is 35.5. The minimum absolute atomic E-state index is 0.0670. The van der Waals surface area contributed by atoms with E-state index in [1.165, 1.54) is 39.6 Å². The number of aliphatic hydroxyl groups is 1. The quantitative estimate of drug-likeness (QED) is 0.0862. The van der Waals surface area contributed by atoms with Crippen molar-refractivity contribution in [2.45, 2.75) is 69.8 Å². The number of ether oxygens (including phenoxy) is 1. The van der Waals surface area contributed by atoms with E-state index >= 15 is 0 Å². The van der Waals surface area contributed by atoms with Crippen LogP contribution >= 0.6 is 11.6 Å². The molecule has 1 aliphatic heterocycles. The van der Waals surface area contributed by atoms with Crippen LogP contribution in [0.1, 0.15) is 74.7 Å². The van der Waals surface area contributed by atoms with Crippen molar-refractivity contribution in [3.63, 3.8) is 0 Å². The van der Waals surface area contributed by atoms with Crippen molar-refractivity contribution in [3.8, 4) is 11.5 Å². The number of carbonyl (C=O) groups is 1.